The molecule has 0 radical (unpaired) electrons. The van der Waals surface area contributed by atoms with E-state index in [0.717, 1.165) is 54.0 Å². The van der Waals surface area contributed by atoms with Gasteiger partial charge >= 0.3 is 0 Å². The average molecular weight is 456 g/mol. The summed E-state index contributed by atoms with van der Waals surface area (Å²) in [5, 5.41) is 0.801. The van der Waals surface area contributed by atoms with Crippen LogP contribution in [-0.2, 0) is 9.53 Å². The maximum Gasteiger partial charge on any atom is 0.239 e. The van der Waals surface area contributed by atoms with Crippen LogP contribution in [0.2, 0.25) is 0 Å². The van der Waals surface area contributed by atoms with Gasteiger partial charge in [-0.05, 0) is 44.0 Å². The van der Waals surface area contributed by atoms with E-state index in [1.165, 1.54) is 15.8 Å². The summed E-state index contributed by atoms with van der Waals surface area (Å²) >= 11 is 3.21. The molecule has 2 aromatic carbocycles. The summed E-state index contributed by atoms with van der Waals surface area (Å²) in [6.45, 7) is 11.1. The van der Waals surface area contributed by atoms with Gasteiger partial charge in [0.15, 0.2) is 5.13 Å². The number of nitrogens with zero attached hydrogens (tertiary/aromatic N) is 3. The van der Waals surface area contributed by atoms with E-state index in [0.29, 0.717) is 12.3 Å². The van der Waals surface area contributed by atoms with E-state index in [1.807, 2.05) is 4.90 Å². The Bertz CT molecular complexity index is 1000. The minimum Gasteiger partial charge on any atom is -0.379 e. The number of aryl methyl sites for hydroxylation is 3. The molecule has 1 aliphatic heterocycles. The topological polar surface area (TPSA) is 45.7 Å². The molecule has 164 valence electrons. The van der Waals surface area contributed by atoms with Crippen LogP contribution in [0.15, 0.2) is 41.3 Å². The minimum absolute atomic E-state index is 0.105. The zero-order valence-corrected chi connectivity index (χ0v) is 20.0. The quantitative estimate of drug-likeness (QED) is 0.484. The van der Waals surface area contributed by atoms with E-state index in [-0.39, 0.29) is 5.91 Å². The summed E-state index contributed by atoms with van der Waals surface area (Å²) in [6.07, 6.45) is 0. The van der Waals surface area contributed by atoms with Gasteiger partial charge < -0.3 is 4.74 Å². The highest BCUT2D eigenvalue weighted by atomic mass is 32.2. The Kier molecular flexibility index (Phi) is 7.27. The standard InChI is InChI=1S/C24H29N3O2S2/c1-17-4-8-20(9-5-17)30-16-21(28)27(11-10-26-12-14-29-15-13-26)24-25-22-18(2)6-7-19(3)23(22)31-24/h4-9H,10-16H2,1-3H3. The Balaban J connectivity index is 1.54. The van der Waals surface area contributed by atoms with Crippen molar-refractivity contribution in [1.29, 1.82) is 0 Å². The first kappa shape index (κ1) is 22.3. The van der Waals surface area contributed by atoms with E-state index < -0.39 is 0 Å². The smallest absolute Gasteiger partial charge is 0.239 e. The number of anilines is 1. The highest BCUT2D eigenvalue weighted by molar-refractivity contribution is 8.00. The van der Waals surface area contributed by atoms with Gasteiger partial charge in [-0.25, -0.2) is 4.98 Å². The van der Waals surface area contributed by atoms with Crippen molar-refractivity contribution < 1.29 is 9.53 Å². The molecule has 3 aromatic rings. The van der Waals surface area contributed by atoms with Gasteiger partial charge in [0.2, 0.25) is 5.91 Å². The second-order valence-corrected chi connectivity index (χ2v) is 10.0. The number of fused-ring (bicyclic) bond motifs is 1. The molecule has 0 spiro atoms. The molecule has 4 rings (SSSR count). The van der Waals surface area contributed by atoms with Gasteiger partial charge in [-0.1, -0.05) is 41.2 Å². The van der Waals surface area contributed by atoms with Crippen LogP contribution in [-0.4, -0.2) is 60.9 Å². The largest absolute Gasteiger partial charge is 0.379 e. The van der Waals surface area contributed by atoms with Gasteiger partial charge in [-0.3, -0.25) is 14.6 Å². The molecule has 0 bridgehead atoms. The number of hydrogen-bond donors (Lipinski definition) is 0. The molecule has 7 heteroatoms. The molecule has 1 fully saturated rings. The number of amides is 1. The van der Waals surface area contributed by atoms with Crippen molar-refractivity contribution in [3.8, 4) is 0 Å². The van der Waals surface area contributed by atoms with Crippen molar-refractivity contribution in [1.82, 2.24) is 9.88 Å². The number of carbonyl (C=O) groups excluding carboxylic acids is 1. The molecule has 0 aliphatic carbocycles. The van der Waals surface area contributed by atoms with E-state index in [1.54, 1.807) is 23.1 Å². The Morgan fingerprint density at radius 1 is 1.10 bits per heavy atom. The fraction of sp³-hybridized carbons (Fsp3) is 0.417. The van der Waals surface area contributed by atoms with Crippen LogP contribution in [0.5, 0.6) is 0 Å². The molecule has 1 aromatic heterocycles. The zero-order chi connectivity index (χ0) is 21.8. The highest BCUT2D eigenvalue weighted by Gasteiger charge is 2.22. The van der Waals surface area contributed by atoms with E-state index in [9.17, 15) is 4.79 Å². The Hall–Kier alpha value is -1.93. The first-order valence-corrected chi connectivity index (χ1v) is 12.5. The lowest BCUT2D eigenvalue weighted by Crippen LogP contribution is -2.43. The second kappa shape index (κ2) is 10.1. The molecule has 2 heterocycles. The Morgan fingerprint density at radius 3 is 2.52 bits per heavy atom. The summed E-state index contributed by atoms with van der Waals surface area (Å²) in [6, 6.07) is 12.6. The summed E-state index contributed by atoms with van der Waals surface area (Å²) in [4.78, 5) is 23.6. The van der Waals surface area contributed by atoms with Crippen LogP contribution < -0.4 is 4.90 Å². The van der Waals surface area contributed by atoms with Gasteiger partial charge in [-0.15, -0.1) is 11.8 Å². The van der Waals surface area contributed by atoms with Crippen molar-refractivity contribution in [3.05, 3.63) is 53.1 Å². The molecule has 0 unspecified atom stereocenters. The van der Waals surface area contributed by atoms with Crippen LogP contribution in [0, 0.1) is 20.8 Å². The number of thiazole rings is 1. The van der Waals surface area contributed by atoms with Crippen molar-refractivity contribution in [2.75, 3.05) is 50.0 Å². The lowest BCUT2D eigenvalue weighted by Gasteiger charge is -2.29. The predicted molar refractivity (Wildman–Crippen MR) is 131 cm³/mol. The third kappa shape index (κ3) is 5.47. The number of carbonyl (C=O) groups is 1. The van der Waals surface area contributed by atoms with Crippen LogP contribution in [0.1, 0.15) is 16.7 Å². The van der Waals surface area contributed by atoms with Crippen LogP contribution in [0.25, 0.3) is 10.2 Å². The lowest BCUT2D eigenvalue weighted by molar-refractivity contribution is -0.116. The van der Waals surface area contributed by atoms with Crippen molar-refractivity contribution in [3.63, 3.8) is 0 Å². The van der Waals surface area contributed by atoms with Gasteiger partial charge in [0, 0.05) is 31.1 Å². The summed E-state index contributed by atoms with van der Waals surface area (Å²) < 4.78 is 6.64. The third-order valence-corrected chi connectivity index (χ3v) is 7.80. The number of ether oxygens (including phenoxy) is 1. The fourth-order valence-electron chi connectivity index (χ4n) is 3.61. The van der Waals surface area contributed by atoms with Crippen molar-refractivity contribution >= 4 is 44.4 Å². The predicted octanol–water partition coefficient (Wildman–Crippen LogP) is 4.68. The average Bonchev–Trinajstić information content (AvgIpc) is 3.23. The summed E-state index contributed by atoms with van der Waals surface area (Å²) in [5.74, 6) is 0.508. The molecule has 31 heavy (non-hydrogen) atoms. The van der Waals surface area contributed by atoms with E-state index in [4.69, 9.17) is 9.72 Å². The van der Waals surface area contributed by atoms with Gasteiger partial charge in [0.05, 0.1) is 29.2 Å². The number of rotatable bonds is 7. The maximum atomic E-state index is 13.3. The van der Waals surface area contributed by atoms with E-state index in [2.05, 4.69) is 62.1 Å². The number of benzene rings is 2. The second-order valence-electron chi connectivity index (χ2n) is 7.97. The molecule has 0 atom stereocenters. The molecule has 1 saturated heterocycles. The van der Waals surface area contributed by atoms with Gasteiger partial charge in [0.1, 0.15) is 0 Å². The third-order valence-electron chi connectivity index (χ3n) is 5.59. The van der Waals surface area contributed by atoms with Crippen molar-refractivity contribution in [2.24, 2.45) is 0 Å². The van der Waals surface area contributed by atoms with Crippen molar-refractivity contribution in [2.45, 2.75) is 25.7 Å². The first-order chi connectivity index (χ1) is 15.0. The molecular formula is C24H29N3O2S2. The Morgan fingerprint density at radius 2 is 1.81 bits per heavy atom. The highest BCUT2D eigenvalue weighted by Crippen LogP contribution is 2.33. The molecule has 1 aliphatic rings. The molecule has 0 saturated carbocycles. The zero-order valence-electron chi connectivity index (χ0n) is 18.4. The normalized spacial score (nSPS) is 14.8. The number of thioether (sulfide) groups is 1. The van der Waals surface area contributed by atoms with Gasteiger partial charge in [-0.2, -0.15) is 0 Å². The number of morpholine rings is 1. The summed E-state index contributed by atoms with van der Waals surface area (Å²) in [5.41, 5.74) is 4.59. The molecule has 1 amide bonds. The molecular weight excluding hydrogens is 426 g/mol. The SMILES string of the molecule is Cc1ccc(SCC(=O)N(CCN2CCOCC2)c2nc3c(C)ccc(C)c3s2)cc1. The van der Waals surface area contributed by atoms with Gasteiger partial charge in [0.25, 0.3) is 0 Å². The van der Waals surface area contributed by atoms with Crippen LogP contribution in [0.4, 0.5) is 5.13 Å². The first-order valence-electron chi connectivity index (χ1n) is 10.7. The lowest BCUT2D eigenvalue weighted by atomic mass is 10.1. The maximum absolute atomic E-state index is 13.3. The van der Waals surface area contributed by atoms with Crippen LogP contribution in [0.3, 0.4) is 0 Å². The Labute approximate surface area is 192 Å². The molecule has 0 N–H and O–H groups in total. The molecule has 5 nitrogen and oxygen atoms in total. The minimum atomic E-state index is 0.105. The van der Waals surface area contributed by atoms with Crippen LogP contribution >= 0.6 is 23.1 Å². The number of hydrogen-bond acceptors (Lipinski definition) is 6. The number of aromatic nitrogens is 1. The van der Waals surface area contributed by atoms with E-state index >= 15 is 0 Å². The summed E-state index contributed by atoms with van der Waals surface area (Å²) in [7, 11) is 0. The monoisotopic (exact) mass is 455 g/mol. The fourth-order valence-corrected chi connectivity index (χ4v) is 5.54.